The second-order valence-corrected chi connectivity index (χ2v) is 15.5. The average Bonchev–Trinajstić information content (AvgIpc) is 3.57. The van der Waals surface area contributed by atoms with Gasteiger partial charge in [-0.05, 0) is 55.2 Å². The van der Waals surface area contributed by atoms with Crippen molar-refractivity contribution < 1.29 is 21.6 Å². The van der Waals surface area contributed by atoms with Gasteiger partial charge in [0, 0.05) is 41.3 Å². The summed E-state index contributed by atoms with van der Waals surface area (Å²) in [6.45, 7) is 4.62. The molecule has 2 aliphatic heterocycles. The van der Waals surface area contributed by atoms with Crippen molar-refractivity contribution >= 4 is 54.8 Å². The van der Waals surface area contributed by atoms with Crippen molar-refractivity contribution in [1.29, 1.82) is 15.8 Å². The zero-order valence-electron chi connectivity index (χ0n) is 24.6. The predicted octanol–water partition coefficient (Wildman–Crippen LogP) is 4.32. The smallest absolute Gasteiger partial charge is 0.244 e. The molecule has 0 saturated carbocycles. The Labute approximate surface area is 279 Å². The van der Waals surface area contributed by atoms with E-state index in [1.807, 2.05) is 26.1 Å². The molecule has 0 aromatic heterocycles. The van der Waals surface area contributed by atoms with Gasteiger partial charge in [-0.2, -0.15) is 15.8 Å². The Morgan fingerprint density at radius 2 is 1.40 bits per heavy atom. The maximum Gasteiger partial charge on any atom is 0.244 e. The fourth-order valence-corrected chi connectivity index (χ4v) is 8.91. The Hall–Kier alpha value is -3.00. The number of benzene rings is 2. The van der Waals surface area contributed by atoms with Gasteiger partial charge in [0.15, 0.2) is 12.4 Å². The number of methoxy groups -OCH3 is 1. The molecular weight excluding hydrogens is 685 g/mol. The molecule has 12 nitrogen and oxygen atoms in total. The molecule has 242 valence electrons. The number of nitriles is 3. The van der Waals surface area contributed by atoms with Gasteiger partial charge in [0.05, 0.1) is 30.7 Å². The van der Waals surface area contributed by atoms with E-state index in [-0.39, 0.29) is 62.6 Å². The maximum absolute atomic E-state index is 12.6. The van der Waals surface area contributed by atoms with Crippen molar-refractivity contribution in [3.63, 3.8) is 0 Å². The number of halogens is 3. The summed E-state index contributed by atoms with van der Waals surface area (Å²) < 4.78 is 60.4. The molecule has 17 heteroatoms. The molecular formula is C28H32Cl3N7O5S2. The van der Waals surface area contributed by atoms with Crippen LogP contribution in [0.2, 0.25) is 15.1 Å². The highest BCUT2D eigenvalue weighted by atomic mass is 35.5. The van der Waals surface area contributed by atoms with Crippen LogP contribution in [0.25, 0.3) is 0 Å². The predicted molar refractivity (Wildman–Crippen MR) is 169 cm³/mol. The van der Waals surface area contributed by atoms with Gasteiger partial charge in [-0.1, -0.05) is 48.7 Å². The standard InChI is InChI=1S/C15H20ClN3O3S.C13H12Cl2N4O2S/c1-10(2)13-7-12(8-19(13)9-17)18-23(20,21)15-6-11(16)4-5-14(15)22-3;14-9-1-2-12(15)13(5-9)22(20,21)18-10-6-11(3-4-16)19(7-10)8-17/h4-6,10,12-13,18H,7-8H2,1-3H3;1-2,5,10-11,18H,3,6-7H2/t12-,13-;10-,11+/m11/s1. The summed E-state index contributed by atoms with van der Waals surface area (Å²) in [6, 6.07) is 9.60. The number of ether oxygens (including phenoxy) is 1. The van der Waals surface area contributed by atoms with Crippen LogP contribution >= 0.6 is 34.8 Å². The van der Waals surface area contributed by atoms with Crippen LogP contribution in [-0.4, -0.2) is 71.0 Å². The van der Waals surface area contributed by atoms with Crippen LogP contribution in [0.3, 0.4) is 0 Å². The molecule has 2 N–H and O–H groups in total. The minimum Gasteiger partial charge on any atom is -0.495 e. The number of nitrogens with one attached hydrogen (secondary N) is 2. The van der Waals surface area contributed by atoms with Crippen LogP contribution in [0.15, 0.2) is 46.2 Å². The van der Waals surface area contributed by atoms with E-state index in [0.29, 0.717) is 24.4 Å². The normalized spacial score (nSPS) is 21.4. The van der Waals surface area contributed by atoms with Gasteiger partial charge in [-0.3, -0.25) is 0 Å². The van der Waals surface area contributed by atoms with Crippen LogP contribution in [-0.2, 0) is 20.0 Å². The average molecular weight is 717 g/mol. The third kappa shape index (κ3) is 9.27. The molecule has 2 aliphatic rings. The van der Waals surface area contributed by atoms with Crippen molar-refractivity contribution in [3.8, 4) is 24.2 Å². The number of hydrogen-bond donors (Lipinski definition) is 2. The SMILES string of the molecule is COc1ccc(Cl)cc1S(=O)(=O)N[C@@H]1C[C@H](C(C)C)N(C#N)C1.N#CC[C@H]1C[C@@H](NS(=O)(=O)c2cc(Cl)ccc2Cl)CN1C#N. The molecule has 0 unspecified atom stereocenters. The number of sulfonamides is 2. The molecule has 45 heavy (non-hydrogen) atoms. The summed E-state index contributed by atoms with van der Waals surface area (Å²) >= 11 is 17.6. The quantitative estimate of drug-likeness (QED) is 0.355. The van der Waals surface area contributed by atoms with Gasteiger partial charge < -0.3 is 14.5 Å². The molecule has 0 radical (unpaired) electrons. The molecule has 4 rings (SSSR count). The van der Waals surface area contributed by atoms with Crippen molar-refractivity contribution in [2.75, 3.05) is 20.2 Å². The highest BCUT2D eigenvalue weighted by Gasteiger charge is 2.37. The fourth-order valence-electron chi connectivity index (χ4n) is 5.23. The second kappa shape index (κ2) is 15.5. The lowest BCUT2D eigenvalue weighted by Gasteiger charge is -2.21. The van der Waals surface area contributed by atoms with E-state index in [9.17, 15) is 22.1 Å². The van der Waals surface area contributed by atoms with Crippen LogP contribution in [0.5, 0.6) is 5.75 Å². The highest BCUT2D eigenvalue weighted by Crippen LogP contribution is 2.30. The van der Waals surface area contributed by atoms with Crippen LogP contribution in [0.4, 0.5) is 0 Å². The molecule has 4 atom stereocenters. The first kappa shape index (κ1) is 36.5. The summed E-state index contributed by atoms with van der Waals surface area (Å²) in [5, 5.41) is 27.6. The Kier molecular flexibility index (Phi) is 12.6. The van der Waals surface area contributed by atoms with Gasteiger partial charge in [-0.15, -0.1) is 0 Å². The Bertz CT molecular complexity index is 1720. The zero-order valence-corrected chi connectivity index (χ0v) is 28.5. The number of hydrogen-bond acceptors (Lipinski definition) is 10. The third-order valence-corrected chi connectivity index (χ3v) is 11.4. The van der Waals surface area contributed by atoms with E-state index < -0.39 is 26.1 Å². The number of rotatable bonds is 9. The van der Waals surface area contributed by atoms with Crippen LogP contribution in [0.1, 0.15) is 33.1 Å². The van der Waals surface area contributed by atoms with Crippen molar-refractivity contribution in [3.05, 3.63) is 51.5 Å². The van der Waals surface area contributed by atoms with Gasteiger partial charge in [0.25, 0.3) is 0 Å². The molecule has 0 spiro atoms. The molecule has 0 aliphatic carbocycles. The minimum absolute atomic E-state index is 0.00371. The third-order valence-electron chi connectivity index (χ3n) is 7.35. The van der Waals surface area contributed by atoms with E-state index in [4.69, 9.17) is 50.1 Å². The highest BCUT2D eigenvalue weighted by molar-refractivity contribution is 7.90. The van der Waals surface area contributed by atoms with Crippen molar-refractivity contribution in [1.82, 2.24) is 19.2 Å². The first-order valence-electron chi connectivity index (χ1n) is 13.7. The lowest BCUT2D eigenvalue weighted by atomic mass is 10.0. The minimum atomic E-state index is -3.85. The monoisotopic (exact) mass is 715 g/mol. The fraction of sp³-hybridized carbons (Fsp3) is 0.464. The molecule has 0 bridgehead atoms. The van der Waals surface area contributed by atoms with Crippen molar-refractivity contribution in [2.24, 2.45) is 5.92 Å². The lowest BCUT2D eigenvalue weighted by molar-refractivity contribution is 0.291. The van der Waals surface area contributed by atoms with Gasteiger partial charge in [0.2, 0.25) is 20.0 Å². The summed E-state index contributed by atoms with van der Waals surface area (Å²) in [4.78, 5) is 2.95. The van der Waals surface area contributed by atoms with Gasteiger partial charge in [0.1, 0.15) is 15.5 Å². The molecule has 2 aromatic rings. The van der Waals surface area contributed by atoms with E-state index >= 15 is 0 Å². The zero-order chi connectivity index (χ0) is 33.5. The molecule has 0 amide bonds. The van der Waals surface area contributed by atoms with Crippen LogP contribution in [0, 0.1) is 40.2 Å². The molecule has 2 heterocycles. The van der Waals surface area contributed by atoms with E-state index in [2.05, 4.69) is 15.6 Å². The second-order valence-electron chi connectivity index (χ2n) is 10.8. The molecule has 2 fully saturated rings. The summed E-state index contributed by atoms with van der Waals surface area (Å²) in [6.07, 6.45) is 5.26. The van der Waals surface area contributed by atoms with Gasteiger partial charge in [-0.25, -0.2) is 26.3 Å². The first-order valence-corrected chi connectivity index (χ1v) is 17.8. The number of likely N-dealkylation sites (tertiary alicyclic amines) is 2. The Balaban J connectivity index is 0.000000246. The summed E-state index contributed by atoms with van der Waals surface area (Å²) in [7, 11) is -6.23. The Morgan fingerprint density at radius 3 is 1.93 bits per heavy atom. The maximum atomic E-state index is 12.6. The largest absolute Gasteiger partial charge is 0.495 e. The van der Waals surface area contributed by atoms with E-state index in [1.54, 1.807) is 11.0 Å². The summed E-state index contributed by atoms with van der Waals surface area (Å²) in [5.74, 6) is 0.502. The van der Waals surface area contributed by atoms with Gasteiger partial charge >= 0.3 is 0 Å². The van der Waals surface area contributed by atoms with Crippen molar-refractivity contribution in [2.45, 2.75) is 67.1 Å². The molecule has 2 saturated heterocycles. The van der Waals surface area contributed by atoms with Crippen LogP contribution < -0.4 is 14.2 Å². The Morgan fingerprint density at radius 1 is 0.867 bits per heavy atom. The van der Waals surface area contributed by atoms with E-state index in [1.165, 1.54) is 42.3 Å². The molecule has 2 aromatic carbocycles. The lowest BCUT2D eigenvalue weighted by Crippen LogP contribution is -2.36. The first-order chi connectivity index (χ1) is 21.1. The number of nitrogens with zero attached hydrogens (tertiary/aromatic N) is 5. The topological polar surface area (TPSA) is 179 Å². The van der Waals surface area contributed by atoms with E-state index in [0.717, 1.165) is 0 Å². The summed E-state index contributed by atoms with van der Waals surface area (Å²) in [5.41, 5.74) is 0.